The third kappa shape index (κ3) is 2.81. The Balaban J connectivity index is 1.82. The number of fused-ring (bicyclic) bond motifs is 1. The lowest BCUT2D eigenvalue weighted by Crippen LogP contribution is -2.49. The number of halogens is 1. The molecule has 2 aliphatic heterocycles. The van der Waals surface area contributed by atoms with Gasteiger partial charge < -0.3 is 14.2 Å². The summed E-state index contributed by atoms with van der Waals surface area (Å²) < 4.78 is 28.4. The smallest absolute Gasteiger partial charge is 0.331 e. The van der Waals surface area contributed by atoms with Crippen LogP contribution in [-0.2, 0) is 30.3 Å². The van der Waals surface area contributed by atoms with Crippen molar-refractivity contribution in [2.45, 2.75) is 26.1 Å². The first-order valence-corrected chi connectivity index (χ1v) is 6.93. The fourth-order valence-corrected chi connectivity index (χ4v) is 2.40. The van der Waals surface area contributed by atoms with Crippen molar-refractivity contribution in [3.63, 3.8) is 0 Å². The van der Waals surface area contributed by atoms with Crippen LogP contribution in [0.25, 0.3) is 0 Å². The topological polar surface area (TPSA) is 78.9 Å². The van der Waals surface area contributed by atoms with E-state index in [2.05, 4.69) is 0 Å². The van der Waals surface area contributed by atoms with Gasteiger partial charge in [-0.1, -0.05) is 0 Å². The average Bonchev–Trinajstić information content (AvgIpc) is 2.44. The number of cyclic esters (lactones) is 2. The minimum atomic E-state index is -1.71. The Labute approximate surface area is 130 Å². The zero-order valence-corrected chi connectivity index (χ0v) is 12.4. The quantitative estimate of drug-likeness (QED) is 0.609. The van der Waals surface area contributed by atoms with E-state index in [1.165, 1.54) is 38.1 Å². The first-order chi connectivity index (χ1) is 10.8. The van der Waals surface area contributed by atoms with Gasteiger partial charge in [0.15, 0.2) is 5.76 Å². The molecule has 0 aliphatic carbocycles. The molecule has 1 aromatic carbocycles. The molecule has 0 spiro atoms. The monoisotopic (exact) mass is 320 g/mol. The number of carbonyl (C=O) groups is 3. The zero-order chi connectivity index (χ0) is 16.8. The lowest BCUT2D eigenvalue weighted by molar-refractivity contribution is -0.238. The van der Waals surface area contributed by atoms with Gasteiger partial charge in [0.1, 0.15) is 11.6 Å². The second-order valence-electron chi connectivity index (χ2n) is 5.67. The summed E-state index contributed by atoms with van der Waals surface area (Å²) in [5.74, 6) is -6.20. The van der Waals surface area contributed by atoms with E-state index in [0.717, 1.165) is 0 Å². The first-order valence-electron chi connectivity index (χ1n) is 6.93. The van der Waals surface area contributed by atoms with Crippen LogP contribution in [-0.4, -0.2) is 23.5 Å². The molecule has 0 unspecified atom stereocenters. The third-order valence-electron chi connectivity index (χ3n) is 3.42. The van der Waals surface area contributed by atoms with Gasteiger partial charge in [-0.25, -0.2) is 4.39 Å². The van der Waals surface area contributed by atoms with Crippen molar-refractivity contribution in [2.75, 3.05) is 0 Å². The molecule has 23 heavy (non-hydrogen) atoms. The van der Waals surface area contributed by atoms with Crippen molar-refractivity contribution < 1.29 is 33.0 Å². The Morgan fingerprint density at radius 3 is 2.52 bits per heavy atom. The van der Waals surface area contributed by atoms with E-state index in [9.17, 15) is 18.8 Å². The van der Waals surface area contributed by atoms with Gasteiger partial charge in [-0.2, -0.15) is 0 Å². The number of hydrogen-bond donors (Lipinski definition) is 0. The maximum atomic E-state index is 13.2. The van der Waals surface area contributed by atoms with Gasteiger partial charge in [-0.05, 0) is 30.7 Å². The molecule has 0 saturated carbocycles. The highest BCUT2D eigenvalue weighted by molar-refractivity contribution is 6.20. The van der Waals surface area contributed by atoms with E-state index in [1.54, 1.807) is 0 Å². The van der Waals surface area contributed by atoms with Gasteiger partial charge in [0.05, 0.1) is 0 Å². The second-order valence-corrected chi connectivity index (χ2v) is 5.67. The maximum Gasteiger partial charge on any atom is 0.331 e. The van der Waals surface area contributed by atoms with Gasteiger partial charge in [0.25, 0.3) is 5.79 Å². The molecule has 0 bridgehead atoms. The number of allylic oxidation sites excluding steroid dienone is 2. The van der Waals surface area contributed by atoms with Crippen molar-refractivity contribution in [1.29, 1.82) is 0 Å². The summed E-state index contributed by atoms with van der Waals surface area (Å²) in [5, 5.41) is 0. The third-order valence-corrected chi connectivity index (χ3v) is 3.42. The van der Waals surface area contributed by atoms with Crippen LogP contribution in [0.2, 0.25) is 0 Å². The SMILES string of the molecule is CC1(C)OC(=O)C(C(=O)C2=CCc3cc(F)ccc3O2)C(=O)O1. The van der Waals surface area contributed by atoms with Crippen LogP contribution in [0.15, 0.2) is 30.0 Å². The first kappa shape index (κ1) is 15.2. The predicted molar refractivity (Wildman–Crippen MR) is 73.6 cm³/mol. The van der Waals surface area contributed by atoms with Gasteiger partial charge in [-0.3, -0.25) is 14.4 Å². The van der Waals surface area contributed by atoms with Crippen LogP contribution in [0.4, 0.5) is 4.39 Å². The molecule has 2 aliphatic rings. The van der Waals surface area contributed by atoms with E-state index in [4.69, 9.17) is 14.2 Å². The molecule has 6 nitrogen and oxygen atoms in total. The lowest BCUT2D eigenvalue weighted by atomic mass is 9.98. The average molecular weight is 320 g/mol. The van der Waals surface area contributed by atoms with Gasteiger partial charge in [0, 0.05) is 19.4 Å². The number of esters is 2. The molecule has 120 valence electrons. The number of carbonyl (C=O) groups excluding carboxylic acids is 3. The summed E-state index contributed by atoms with van der Waals surface area (Å²) in [6.45, 7) is 2.79. The molecule has 3 rings (SSSR count). The van der Waals surface area contributed by atoms with E-state index < -0.39 is 35.2 Å². The number of Topliss-reactive ketones (excluding diaryl/α,β-unsaturated/α-hetero) is 1. The van der Waals surface area contributed by atoms with E-state index in [0.29, 0.717) is 11.3 Å². The minimum Gasteiger partial charge on any atom is -0.454 e. The fourth-order valence-electron chi connectivity index (χ4n) is 2.40. The molecule has 1 saturated heterocycles. The number of rotatable bonds is 2. The Morgan fingerprint density at radius 2 is 1.87 bits per heavy atom. The molecule has 0 atom stereocenters. The normalized spacial score (nSPS) is 19.9. The van der Waals surface area contributed by atoms with Crippen molar-refractivity contribution in [3.8, 4) is 5.75 Å². The highest BCUT2D eigenvalue weighted by Crippen LogP contribution is 2.30. The van der Waals surface area contributed by atoms with E-state index in [1.807, 2.05) is 0 Å². The largest absolute Gasteiger partial charge is 0.454 e. The van der Waals surface area contributed by atoms with Crippen molar-refractivity contribution in [1.82, 2.24) is 0 Å². The zero-order valence-electron chi connectivity index (χ0n) is 12.4. The minimum absolute atomic E-state index is 0.164. The number of ketones is 1. The van der Waals surface area contributed by atoms with Crippen LogP contribution in [0.5, 0.6) is 5.75 Å². The molecule has 0 amide bonds. The Bertz CT molecular complexity index is 729. The van der Waals surface area contributed by atoms with E-state index in [-0.39, 0.29) is 12.2 Å². The van der Waals surface area contributed by atoms with Crippen LogP contribution in [0, 0.1) is 11.7 Å². The molecule has 0 N–H and O–H groups in total. The van der Waals surface area contributed by atoms with Gasteiger partial charge in [-0.15, -0.1) is 0 Å². The lowest BCUT2D eigenvalue weighted by Gasteiger charge is -2.32. The second kappa shape index (κ2) is 5.19. The van der Waals surface area contributed by atoms with Gasteiger partial charge in [0.2, 0.25) is 11.7 Å². The molecule has 1 fully saturated rings. The number of benzene rings is 1. The Morgan fingerprint density at radius 1 is 1.22 bits per heavy atom. The van der Waals surface area contributed by atoms with Crippen LogP contribution >= 0.6 is 0 Å². The molecule has 2 heterocycles. The van der Waals surface area contributed by atoms with Crippen molar-refractivity contribution >= 4 is 17.7 Å². The van der Waals surface area contributed by atoms with Crippen LogP contribution in [0.3, 0.4) is 0 Å². The predicted octanol–water partition coefficient (Wildman–Crippen LogP) is 1.67. The maximum absolute atomic E-state index is 13.2. The molecule has 0 radical (unpaired) electrons. The standard InChI is InChI=1S/C16H13FO6/c1-16(2)22-14(19)12(15(20)23-16)13(18)11-5-3-8-7-9(17)4-6-10(8)21-11/h4-7,12H,3H2,1-2H3. The summed E-state index contributed by atoms with van der Waals surface area (Å²) in [4.78, 5) is 36.2. The highest BCUT2D eigenvalue weighted by Gasteiger charge is 2.48. The summed E-state index contributed by atoms with van der Waals surface area (Å²) in [7, 11) is 0. The van der Waals surface area contributed by atoms with Crippen molar-refractivity contribution in [3.05, 3.63) is 41.4 Å². The van der Waals surface area contributed by atoms with Crippen molar-refractivity contribution in [2.24, 2.45) is 5.92 Å². The molecule has 7 heteroatoms. The Kier molecular flexibility index (Phi) is 3.43. The number of hydrogen-bond acceptors (Lipinski definition) is 6. The summed E-state index contributed by atoms with van der Waals surface area (Å²) in [5.41, 5.74) is 0.566. The van der Waals surface area contributed by atoms with Gasteiger partial charge >= 0.3 is 11.9 Å². The highest BCUT2D eigenvalue weighted by atomic mass is 19.1. The molecule has 0 aromatic heterocycles. The molecular weight excluding hydrogens is 307 g/mol. The summed E-state index contributed by atoms with van der Waals surface area (Å²) in [6.07, 6.45) is 1.64. The summed E-state index contributed by atoms with van der Waals surface area (Å²) in [6, 6.07) is 3.86. The summed E-state index contributed by atoms with van der Waals surface area (Å²) >= 11 is 0. The van der Waals surface area contributed by atoms with E-state index >= 15 is 0 Å². The van der Waals surface area contributed by atoms with Crippen LogP contribution in [0.1, 0.15) is 19.4 Å². The number of ether oxygens (including phenoxy) is 3. The molecule has 1 aromatic rings. The van der Waals surface area contributed by atoms with Crippen LogP contribution < -0.4 is 4.74 Å². The Hall–Kier alpha value is -2.70. The molecular formula is C16H13FO6. The fraction of sp³-hybridized carbons (Fsp3) is 0.312.